The maximum atomic E-state index is 6.28. The summed E-state index contributed by atoms with van der Waals surface area (Å²) in [5, 5.41) is 0. The molecule has 82 valence electrons. The van der Waals surface area contributed by atoms with E-state index in [9.17, 15) is 0 Å². The number of hydrogen-bond donors (Lipinski definition) is 1. The largest absolute Gasteiger partial charge is 0.322 e. The fourth-order valence-electron chi connectivity index (χ4n) is 2.36. The Kier molecular flexibility index (Phi) is 3.76. The highest BCUT2D eigenvalue weighted by atomic mass is 79.9. The van der Waals surface area contributed by atoms with Crippen LogP contribution in [-0.2, 0) is 0 Å². The minimum atomic E-state index is 0.0980. The van der Waals surface area contributed by atoms with Crippen molar-refractivity contribution in [1.29, 1.82) is 0 Å². The van der Waals surface area contributed by atoms with Crippen molar-refractivity contribution in [2.75, 3.05) is 0 Å². The fraction of sp³-hybridized carbons (Fsp3) is 0.583. The van der Waals surface area contributed by atoms with Gasteiger partial charge in [0.2, 0.25) is 0 Å². The average Bonchev–Trinajstić information content (AvgIpc) is 2.30. The van der Waals surface area contributed by atoms with E-state index < -0.39 is 0 Å². The first-order chi connectivity index (χ1) is 7.29. The molecule has 1 atom stereocenters. The molecule has 2 nitrogen and oxygen atoms in total. The first-order valence-corrected chi connectivity index (χ1v) is 6.44. The van der Waals surface area contributed by atoms with Crippen LogP contribution in [0.2, 0.25) is 0 Å². The van der Waals surface area contributed by atoms with Gasteiger partial charge in [0, 0.05) is 10.7 Å². The quantitative estimate of drug-likeness (QED) is 0.893. The third-order valence-corrected chi connectivity index (χ3v) is 3.93. The van der Waals surface area contributed by atoms with Crippen molar-refractivity contribution in [3.05, 3.63) is 28.5 Å². The van der Waals surface area contributed by atoms with Gasteiger partial charge < -0.3 is 5.73 Å². The van der Waals surface area contributed by atoms with Crippen LogP contribution in [0.5, 0.6) is 0 Å². The zero-order valence-electron chi connectivity index (χ0n) is 8.82. The minimum Gasteiger partial charge on any atom is -0.322 e. The van der Waals surface area contributed by atoms with Crippen LogP contribution in [0.3, 0.4) is 0 Å². The van der Waals surface area contributed by atoms with Gasteiger partial charge in [-0.15, -0.1) is 0 Å². The summed E-state index contributed by atoms with van der Waals surface area (Å²) >= 11 is 3.52. The molecular weight excluding hydrogens is 252 g/mol. The summed E-state index contributed by atoms with van der Waals surface area (Å²) in [6.07, 6.45) is 8.34. The summed E-state index contributed by atoms with van der Waals surface area (Å²) in [4.78, 5) is 4.38. The predicted molar refractivity (Wildman–Crippen MR) is 65.4 cm³/mol. The molecule has 0 spiro atoms. The van der Waals surface area contributed by atoms with Crippen LogP contribution >= 0.6 is 15.9 Å². The van der Waals surface area contributed by atoms with Gasteiger partial charge in [-0.05, 0) is 46.8 Å². The molecule has 2 rings (SSSR count). The predicted octanol–water partition coefficient (Wildman–Crippen LogP) is 3.42. The Labute approximate surface area is 99.4 Å². The lowest BCUT2D eigenvalue weighted by molar-refractivity contribution is 0.304. The van der Waals surface area contributed by atoms with Gasteiger partial charge in [0.15, 0.2) is 0 Å². The molecule has 2 N–H and O–H groups in total. The number of nitrogens with zero attached hydrogens (tertiary/aromatic N) is 1. The van der Waals surface area contributed by atoms with Crippen molar-refractivity contribution in [2.45, 2.75) is 38.1 Å². The molecule has 0 saturated heterocycles. The second-order valence-corrected chi connectivity index (χ2v) is 5.15. The molecule has 1 heterocycles. The van der Waals surface area contributed by atoms with E-state index in [1.807, 2.05) is 18.3 Å². The number of pyridine rings is 1. The highest BCUT2D eigenvalue weighted by Crippen LogP contribution is 2.34. The molecule has 1 aliphatic rings. The molecule has 1 aromatic heterocycles. The molecule has 3 heteroatoms. The van der Waals surface area contributed by atoms with Gasteiger partial charge in [-0.2, -0.15) is 0 Å². The van der Waals surface area contributed by atoms with Crippen LogP contribution in [0, 0.1) is 5.92 Å². The number of aromatic nitrogens is 1. The van der Waals surface area contributed by atoms with E-state index in [1.165, 1.54) is 32.1 Å². The van der Waals surface area contributed by atoms with Crippen LogP contribution in [0.4, 0.5) is 0 Å². The first kappa shape index (κ1) is 11.1. The summed E-state index contributed by atoms with van der Waals surface area (Å²) in [5.74, 6) is 0.616. The lowest BCUT2D eigenvalue weighted by Gasteiger charge is -2.27. The molecule has 1 aromatic rings. The molecule has 1 aliphatic carbocycles. The fourth-order valence-corrected chi connectivity index (χ4v) is 2.88. The Morgan fingerprint density at radius 1 is 1.33 bits per heavy atom. The maximum Gasteiger partial charge on any atom is 0.0715 e. The SMILES string of the molecule is NC(c1ncccc1Br)C1CCCCC1. The number of rotatable bonds is 2. The van der Waals surface area contributed by atoms with Gasteiger partial charge in [0.1, 0.15) is 0 Å². The van der Waals surface area contributed by atoms with E-state index in [4.69, 9.17) is 5.73 Å². The van der Waals surface area contributed by atoms with Crippen LogP contribution in [0.1, 0.15) is 43.8 Å². The topological polar surface area (TPSA) is 38.9 Å². The van der Waals surface area contributed by atoms with Crippen molar-refractivity contribution in [3.8, 4) is 0 Å². The van der Waals surface area contributed by atoms with Crippen LogP contribution in [0.15, 0.2) is 22.8 Å². The molecule has 1 fully saturated rings. The van der Waals surface area contributed by atoms with Crippen LogP contribution in [-0.4, -0.2) is 4.98 Å². The third-order valence-electron chi connectivity index (χ3n) is 3.26. The van der Waals surface area contributed by atoms with Crippen molar-refractivity contribution in [3.63, 3.8) is 0 Å². The molecule has 0 radical (unpaired) electrons. The third kappa shape index (κ3) is 2.58. The molecule has 1 saturated carbocycles. The van der Waals surface area contributed by atoms with E-state index in [1.54, 1.807) is 0 Å². The Morgan fingerprint density at radius 2 is 2.07 bits per heavy atom. The highest BCUT2D eigenvalue weighted by Gasteiger charge is 2.23. The summed E-state index contributed by atoms with van der Waals surface area (Å²) in [5.41, 5.74) is 7.30. The number of halogens is 1. The van der Waals surface area contributed by atoms with Gasteiger partial charge >= 0.3 is 0 Å². The van der Waals surface area contributed by atoms with Gasteiger partial charge in [-0.25, -0.2) is 0 Å². The standard InChI is InChI=1S/C12H17BrN2/c13-10-7-4-8-15-12(10)11(14)9-5-2-1-3-6-9/h4,7-9,11H,1-3,5-6,14H2. The second kappa shape index (κ2) is 5.08. The lowest BCUT2D eigenvalue weighted by Crippen LogP contribution is -2.24. The van der Waals surface area contributed by atoms with Crippen molar-refractivity contribution in [1.82, 2.24) is 4.98 Å². The number of nitrogens with two attached hydrogens (primary N) is 1. The zero-order valence-corrected chi connectivity index (χ0v) is 10.4. The second-order valence-electron chi connectivity index (χ2n) is 4.29. The monoisotopic (exact) mass is 268 g/mol. The summed E-state index contributed by atoms with van der Waals surface area (Å²) < 4.78 is 1.04. The van der Waals surface area contributed by atoms with E-state index in [0.29, 0.717) is 5.92 Å². The normalized spacial score (nSPS) is 20.1. The molecule has 0 amide bonds. The van der Waals surface area contributed by atoms with Crippen molar-refractivity contribution in [2.24, 2.45) is 11.7 Å². The zero-order chi connectivity index (χ0) is 10.7. The van der Waals surface area contributed by atoms with Gasteiger partial charge in [0.25, 0.3) is 0 Å². The van der Waals surface area contributed by atoms with Crippen molar-refractivity contribution >= 4 is 15.9 Å². The maximum absolute atomic E-state index is 6.28. The Morgan fingerprint density at radius 3 is 2.73 bits per heavy atom. The van der Waals surface area contributed by atoms with Gasteiger partial charge in [-0.1, -0.05) is 19.3 Å². The van der Waals surface area contributed by atoms with E-state index >= 15 is 0 Å². The first-order valence-electron chi connectivity index (χ1n) is 5.65. The van der Waals surface area contributed by atoms with Crippen LogP contribution < -0.4 is 5.73 Å². The summed E-state index contributed by atoms with van der Waals surface area (Å²) in [7, 11) is 0. The lowest BCUT2D eigenvalue weighted by atomic mass is 9.83. The minimum absolute atomic E-state index is 0.0980. The van der Waals surface area contributed by atoms with Crippen molar-refractivity contribution < 1.29 is 0 Å². The Hall–Kier alpha value is -0.410. The van der Waals surface area contributed by atoms with Gasteiger partial charge in [-0.3, -0.25) is 4.98 Å². The van der Waals surface area contributed by atoms with E-state index in [0.717, 1.165) is 10.2 Å². The molecular formula is C12H17BrN2. The molecule has 0 aromatic carbocycles. The van der Waals surface area contributed by atoms with Gasteiger partial charge in [0.05, 0.1) is 11.7 Å². The molecule has 15 heavy (non-hydrogen) atoms. The van der Waals surface area contributed by atoms with E-state index in [2.05, 4.69) is 20.9 Å². The average molecular weight is 269 g/mol. The number of hydrogen-bond acceptors (Lipinski definition) is 2. The summed E-state index contributed by atoms with van der Waals surface area (Å²) in [6.45, 7) is 0. The van der Waals surface area contributed by atoms with Crippen LogP contribution in [0.25, 0.3) is 0 Å². The smallest absolute Gasteiger partial charge is 0.0715 e. The molecule has 1 unspecified atom stereocenters. The highest BCUT2D eigenvalue weighted by molar-refractivity contribution is 9.10. The summed E-state index contributed by atoms with van der Waals surface area (Å²) in [6, 6.07) is 4.05. The molecule has 0 aliphatic heterocycles. The molecule has 0 bridgehead atoms. The Balaban J connectivity index is 2.12. The Bertz CT molecular complexity index is 321. The van der Waals surface area contributed by atoms with E-state index in [-0.39, 0.29) is 6.04 Å².